The molecule has 0 spiro atoms. The number of aryl methyl sites for hydroxylation is 1. The topological polar surface area (TPSA) is 71.2 Å². The summed E-state index contributed by atoms with van der Waals surface area (Å²) in [7, 11) is 1.31. The van der Waals surface area contributed by atoms with Crippen LogP contribution >= 0.6 is 27.3 Å². The average molecular weight is 343 g/mol. The molecule has 0 aliphatic rings. The highest BCUT2D eigenvalue weighted by Gasteiger charge is 2.19. The van der Waals surface area contributed by atoms with E-state index in [2.05, 4.69) is 31.0 Å². The number of aromatic amines is 1. The van der Waals surface area contributed by atoms with Crippen LogP contribution in [0.5, 0.6) is 0 Å². The van der Waals surface area contributed by atoms with E-state index < -0.39 is 5.97 Å². The van der Waals surface area contributed by atoms with Crippen molar-refractivity contribution in [3.8, 4) is 0 Å². The van der Waals surface area contributed by atoms with Crippen LogP contribution in [-0.2, 0) is 4.74 Å². The van der Waals surface area contributed by atoms with E-state index in [4.69, 9.17) is 0 Å². The summed E-state index contributed by atoms with van der Waals surface area (Å²) < 4.78 is 5.47. The first-order valence-corrected chi connectivity index (χ1v) is 7.02. The zero-order valence-electron chi connectivity index (χ0n) is 10.2. The van der Waals surface area contributed by atoms with Crippen molar-refractivity contribution in [2.75, 3.05) is 12.4 Å². The zero-order chi connectivity index (χ0) is 14.0. The number of ether oxygens (including phenoxy) is 1. The molecule has 0 bridgehead atoms. The molecular weight excluding hydrogens is 332 g/mol. The second-order valence-corrected chi connectivity index (χ2v) is 5.60. The van der Waals surface area contributed by atoms with Crippen molar-refractivity contribution in [2.24, 2.45) is 0 Å². The lowest BCUT2D eigenvalue weighted by molar-refractivity contribution is 0.0607. The molecule has 100 valence electrons. The molecule has 2 N–H and O–H groups in total. The minimum Gasteiger partial charge on any atom is -0.465 e. The predicted octanol–water partition coefficient (Wildman–Crippen LogP) is 3.19. The predicted molar refractivity (Wildman–Crippen MR) is 76.8 cm³/mol. The molecule has 0 radical (unpaired) electrons. The van der Waals surface area contributed by atoms with E-state index in [1.165, 1.54) is 18.4 Å². The van der Waals surface area contributed by atoms with Crippen LogP contribution < -0.4 is 5.32 Å². The zero-order valence-corrected chi connectivity index (χ0v) is 12.6. The number of hydrogen-bond acceptors (Lipinski definition) is 4. The first kappa shape index (κ1) is 13.8. The summed E-state index contributed by atoms with van der Waals surface area (Å²) >= 11 is 4.50. The van der Waals surface area contributed by atoms with Crippen LogP contribution in [-0.4, -0.2) is 24.0 Å². The van der Waals surface area contributed by atoms with Gasteiger partial charge in [-0.1, -0.05) is 0 Å². The Kier molecular flexibility index (Phi) is 4.06. The summed E-state index contributed by atoms with van der Waals surface area (Å²) in [4.78, 5) is 26.8. The molecule has 0 unspecified atom stereocenters. The van der Waals surface area contributed by atoms with E-state index in [1.807, 2.05) is 6.92 Å². The fourth-order valence-corrected chi connectivity index (χ4v) is 2.79. The third-order valence-corrected chi connectivity index (χ3v) is 4.01. The molecule has 2 heterocycles. The third kappa shape index (κ3) is 2.87. The van der Waals surface area contributed by atoms with Gasteiger partial charge in [-0.25, -0.2) is 4.79 Å². The van der Waals surface area contributed by atoms with Crippen molar-refractivity contribution in [3.63, 3.8) is 0 Å². The van der Waals surface area contributed by atoms with Gasteiger partial charge < -0.3 is 15.0 Å². The minimum atomic E-state index is -0.457. The van der Waals surface area contributed by atoms with Gasteiger partial charge in [-0.2, -0.15) is 0 Å². The Balaban J connectivity index is 2.26. The van der Waals surface area contributed by atoms with Crippen LogP contribution in [0.15, 0.2) is 22.1 Å². The van der Waals surface area contributed by atoms with Crippen LogP contribution in [0.2, 0.25) is 0 Å². The summed E-state index contributed by atoms with van der Waals surface area (Å²) in [5, 5.41) is 4.52. The van der Waals surface area contributed by atoms with Crippen molar-refractivity contribution in [3.05, 3.63) is 38.3 Å². The average Bonchev–Trinajstić information content (AvgIpc) is 2.96. The molecule has 2 aromatic rings. The number of thiophene rings is 1. The largest absolute Gasteiger partial charge is 0.465 e. The van der Waals surface area contributed by atoms with E-state index in [0.717, 1.165) is 10.0 Å². The first-order valence-electron chi connectivity index (χ1n) is 5.34. The summed E-state index contributed by atoms with van der Waals surface area (Å²) in [6, 6.07) is 1.66. The highest BCUT2D eigenvalue weighted by molar-refractivity contribution is 9.10. The monoisotopic (exact) mass is 342 g/mol. The molecule has 0 fully saturated rings. The van der Waals surface area contributed by atoms with Crippen LogP contribution in [0.25, 0.3) is 0 Å². The molecule has 0 saturated heterocycles. The van der Waals surface area contributed by atoms with Crippen LogP contribution in [0.4, 0.5) is 5.69 Å². The van der Waals surface area contributed by atoms with Gasteiger partial charge in [-0.3, -0.25) is 4.79 Å². The summed E-state index contributed by atoms with van der Waals surface area (Å²) in [5.41, 5.74) is 1.73. The van der Waals surface area contributed by atoms with Gasteiger partial charge in [0.15, 0.2) is 0 Å². The maximum atomic E-state index is 12.0. The molecule has 2 aromatic heterocycles. The fourth-order valence-electron chi connectivity index (χ4n) is 1.52. The molecule has 1 amide bonds. The number of amides is 1. The fraction of sp³-hybridized carbons (Fsp3) is 0.167. The van der Waals surface area contributed by atoms with Crippen molar-refractivity contribution in [1.29, 1.82) is 0 Å². The molecule has 5 nitrogen and oxygen atoms in total. The van der Waals surface area contributed by atoms with E-state index in [0.29, 0.717) is 16.3 Å². The number of carbonyl (C=O) groups excluding carboxylic acids is 2. The lowest BCUT2D eigenvalue weighted by Gasteiger charge is -2.06. The number of halogens is 1. The van der Waals surface area contributed by atoms with E-state index in [9.17, 15) is 9.59 Å². The number of carbonyl (C=O) groups is 2. The second kappa shape index (κ2) is 5.58. The Morgan fingerprint density at radius 3 is 2.79 bits per heavy atom. The number of methoxy groups -OCH3 is 1. The number of hydrogen-bond donors (Lipinski definition) is 2. The maximum Gasteiger partial charge on any atom is 0.350 e. The normalized spacial score (nSPS) is 10.3. The van der Waals surface area contributed by atoms with Gasteiger partial charge in [0.05, 0.1) is 12.8 Å². The Morgan fingerprint density at radius 1 is 1.47 bits per heavy atom. The number of rotatable bonds is 3. The Labute approximate surface area is 122 Å². The second-order valence-electron chi connectivity index (χ2n) is 3.80. The minimum absolute atomic E-state index is 0.308. The lowest BCUT2D eigenvalue weighted by atomic mass is 10.2. The molecular formula is C12H11BrN2O3S. The SMILES string of the molecule is COC(=O)c1scc(C)c1NC(=O)c1cc(Br)c[nH]1. The standard InChI is InChI=1S/C12H11BrN2O3S/c1-6-5-19-10(12(17)18-2)9(6)15-11(16)8-3-7(13)4-14-8/h3-5,14H,1-2H3,(H,15,16). The van der Waals surface area contributed by atoms with Crippen LogP contribution in [0, 0.1) is 6.92 Å². The van der Waals surface area contributed by atoms with Gasteiger partial charge in [-0.15, -0.1) is 11.3 Å². The molecule has 0 aliphatic carbocycles. The number of esters is 1. The van der Waals surface area contributed by atoms with Gasteiger partial charge in [0.1, 0.15) is 10.6 Å². The molecule has 0 atom stereocenters. The maximum absolute atomic E-state index is 12.0. The van der Waals surface area contributed by atoms with Crippen molar-refractivity contribution in [2.45, 2.75) is 6.92 Å². The van der Waals surface area contributed by atoms with E-state index in [1.54, 1.807) is 17.6 Å². The van der Waals surface area contributed by atoms with Gasteiger partial charge in [-0.05, 0) is 39.9 Å². The van der Waals surface area contributed by atoms with Crippen molar-refractivity contribution < 1.29 is 14.3 Å². The molecule has 0 saturated carbocycles. The quantitative estimate of drug-likeness (QED) is 0.841. The molecule has 0 aromatic carbocycles. The van der Waals surface area contributed by atoms with Crippen molar-refractivity contribution in [1.82, 2.24) is 4.98 Å². The molecule has 7 heteroatoms. The van der Waals surface area contributed by atoms with Crippen molar-refractivity contribution >= 4 is 44.8 Å². The highest BCUT2D eigenvalue weighted by atomic mass is 79.9. The number of H-pyrrole nitrogens is 1. The summed E-state index contributed by atoms with van der Waals surface area (Å²) in [5.74, 6) is -0.765. The lowest BCUT2D eigenvalue weighted by Crippen LogP contribution is -2.15. The highest BCUT2D eigenvalue weighted by Crippen LogP contribution is 2.28. The number of aromatic nitrogens is 1. The number of nitrogens with one attached hydrogen (secondary N) is 2. The van der Waals surface area contributed by atoms with Crippen LogP contribution in [0.1, 0.15) is 25.7 Å². The van der Waals surface area contributed by atoms with E-state index in [-0.39, 0.29) is 5.91 Å². The third-order valence-electron chi connectivity index (χ3n) is 2.48. The molecule has 19 heavy (non-hydrogen) atoms. The summed E-state index contributed by atoms with van der Waals surface area (Å²) in [6.45, 7) is 1.82. The Hall–Kier alpha value is -1.60. The number of anilines is 1. The van der Waals surface area contributed by atoms with E-state index >= 15 is 0 Å². The Bertz CT molecular complexity index is 633. The van der Waals surface area contributed by atoms with Gasteiger partial charge in [0, 0.05) is 10.7 Å². The Morgan fingerprint density at radius 2 is 2.21 bits per heavy atom. The summed E-state index contributed by atoms with van der Waals surface area (Å²) in [6.07, 6.45) is 1.66. The molecule has 0 aliphatic heterocycles. The first-order chi connectivity index (χ1) is 9.02. The van der Waals surface area contributed by atoms with Gasteiger partial charge in [0.2, 0.25) is 0 Å². The smallest absolute Gasteiger partial charge is 0.350 e. The molecule has 2 rings (SSSR count). The van der Waals surface area contributed by atoms with Crippen LogP contribution in [0.3, 0.4) is 0 Å². The van der Waals surface area contributed by atoms with Gasteiger partial charge >= 0.3 is 5.97 Å². The van der Waals surface area contributed by atoms with Gasteiger partial charge in [0.25, 0.3) is 5.91 Å².